The predicted octanol–water partition coefficient (Wildman–Crippen LogP) is 4.80. The second-order valence-electron chi connectivity index (χ2n) is 5.55. The molecule has 0 aliphatic carbocycles. The third kappa shape index (κ3) is 3.12. The van der Waals surface area contributed by atoms with Crippen molar-refractivity contribution in [2.24, 2.45) is 0 Å². The number of hydrogen-bond donors (Lipinski definition) is 3. The van der Waals surface area contributed by atoms with Gasteiger partial charge in [-0.25, -0.2) is 15.0 Å². The minimum atomic E-state index is 0.558. The molecule has 0 saturated heterocycles. The van der Waals surface area contributed by atoms with Crippen molar-refractivity contribution in [2.75, 3.05) is 10.6 Å². The van der Waals surface area contributed by atoms with Gasteiger partial charge in [0.1, 0.15) is 6.33 Å². The van der Waals surface area contributed by atoms with Crippen molar-refractivity contribution in [2.45, 2.75) is 6.92 Å². The summed E-state index contributed by atoms with van der Waals surface area (Å²) < 4.78 is 0. The molecule has 0 aliphatic rings. The van der Waals surface area contributed by atoms with E-state index in [1.165, 1.54) is 6.33 Å². The average molecular weight is 351 g/mol. The zero-order valence-corrected chi connectivity index (χ0v) is 14.2. The van der Waals surface area contributed by atoms with E-state index in [2.05, 4.69) is 30.6 Å². The minimum Gasteiger partial charge on any atom is -0.338 e. The molecule has 4 aromatic rings. The van der Waals surface area contributed by atoms with E-state index in [4.69, 9.17) is 11.6 Å². The standard InChI is InChI=1S/C18H15ClN6/c1-11-6-5-9-13(19)14(11)23-18-24-15-16(20-10-21-17(15)25-18)22-12-7-3-2-4-8-12/h2-10H,1H3,(H3,20,21,22,23,24,25). The molecule has 2 aromatic carbocycles. The lowest BCUT2D eigenvalue weighted by molar-refractivity contribution is 1.20. The van der Waals surface area contributed by atoms with Gasteiger partial charge in [-0.3, -0.25) is 0 Å². The summed E-state index contributed by atoms with van der Waals surface area (Å²) in [6.07, 6.45) is 1.50. The van der Waals surface area contributed by atoms with Crippen LogP contribution in [0.3, 0.4) is 0 Å². The maximum absolute atomic E-state index is 6.27. The Kier molecular flexibility index (Phi) is 3.95. The van der Waals surface area contributed by atoms with E-state index in [0.717, 1.165) is 16.9 Å². The molecule has 0 amide bonds. The van der Waals surface area contributed by atoms with Crippen LogP contribution in [0.25, 0.3) is 11.2 Å². The number of para-hydroxylation sites is 2. The van der Waals surface area contributed by atoms with Crippen molar-refractivity contribution in [3.8, 4) is 0 Å². The van der Waals surface area contributed by atoms with Gasteiger partial charge in [-0.2, -0.15) is 0 Å². The maximum Gasteiger partial charge on any atom is 0.207 e. The molecule has 0 saturated carbocycles. The summed E-state index contributed by atoms with van der Waals surface area (Å²) in [5, 5.41) is 7.12. The molecule has 0 spiro atoms. The lowest BCUT2D eigenvalue weighted by Crippen LogP contribution is -1.96. The SMILES string of the molecule is Cc1cccc(Cl)c1Nc1nc2c(Nc3ccccc3)ncnc2[nH]1. The Hall–Kier alpha value is -3.12. The predicted molar refractivity (Wildman–Crippen MR) is 101 cm³/mol. The Morgan fingerprint density at radius 3 is 2.60 bits per heavy atom. The van der Waals surface area contributed by atoms with Gasteiger partial charge in [0.25, 0.3) is 0 Å². The summed E-state index contributed by atoms with van der Waals surface area (Å²) in [5.74, 6) is 1.19. The number of benzene rings is 2. The van der Waals surface area contributed by atoms with Crippen molar-refractivity contribution in [1.82, 2.24) is 19.9 Å². The highest BCUT2D eigenvalue weighted by Gasteiger charge is 2.12. The molecule has 0 atom stereocenters. The second-order valence-corrected chi connectivity index (χ2v) is 5.96. The van der Waals surface area contributed by atoms with E-state index in [1.54, 1.807) is 0 Å². The molecule has 2 heterocycles. The lowest BCUT2D eigenvalue weighted by atomic mass is 10.2. The van der Waals surface area contributed by atoms with Crippen molar-refractivity contribution in [1.29, 1.82) is 0 Å². The van der Waals surface area contributed by atoms with Gasteiger partial charge in [0, 0.05) is 5.69 Å². The normalized spacial score (nSPS) is 10.8. The Bertz CT molecular complexity index is 1010. The zero-order chi connectivity index (χ0) is 17.2. The van der Waals surface area contributed by atoms with E-state index in [-0.39, 0.29) is 0 Å². The highest BCUT2D eigenvalue weighted by Crippen LogP contribution is 2.29. The summed E-state index contributed by atoms with van der Waals surface area (Å²) in [4.78, 5) is 16.3. The van der Waals surface area contributed by atoms with Gasteiger partial charge in [0.05, 0.1) is 10.7 Å². The van der Waals surface area contributed by atoms with Crippen LogP contribution in [0, 0.1) is 6.92 Å². The number of aromatic amines is 1. The molecule has 0 bridgehead atoms. The van der Waals surface area contributed by atoms with Crippen molar-refractivity contribution in [3.05, 3.63) is 65.4 Å². The number of rotatable bonds is 4. The molecule has 2 aromatic heterocycles. The van der Waals surface area contributed by atoms with Crippen LogP contribution < -0.4 is 10.6 Å². The summed E-state index contributed by atoms with van der Waals surface area (Å²) in [7, 11) is 0. The van der Waals surface area contributed by atoms with E-state index < -0.39 is 0 Å². The lowest BCUT2D eigenvalue weighted by Gasteiger charge is -2.08. The summed E-state index contributed by atoms with van der Waals surface area (Å²) in [6, 6.07) is 15.5. The van der Waals surface area contributed by atoms with Crippen molar-refractivity contribution < 1.29 is 0 Å². The minimum absolute atomic E-state index is 0.558. The van der Waals surface area contributed by atoms with Gasteiger partial charge in [-0.15, -0.1) is 0 Å². The van der Waals surface area contributed by atoms with Crippen LogP contribution in [0.15, 0.2) is 54.9 Å². The first-order valence-corrected chi connectivity index (χ1v) is 8.13. The first-order valence-electron chi connectivity index (χ1n) is 7.75. The van der Waals surface area contributed by atoms with Gasteiger partial charge in [0.2, 0.25) is 5.95 Å². The number of hydrogen-bond acceptors (Lipinski definition) is 5. The van der Waals surface area contributed by atoms with Crippen molar-refractivity contribution in [3.63, 3.8) is 0 Å². The fourth-order valence-electron chi connectivity index (χ4n) is 2.55. The highest BCUT2D eigenvalue weighted by atomic mass is 35.5. The van der Waals surface area contributed by atoms with E-state index >= 15 is 0 Å². The van der Waals surface area contributed by atoms with Crippen LogP contribution in [0.5, 0.6) is 0 Å². The molecule has 4 rings (SSSR count). The topological polar surface area (TPSA) is 78.5 Å². The molecule has 25 heavy (non-hydrogen) atoms. The molecule has 6 nitrogen and oxygen atoms in total. The largest absolute Gasteiger partial charge is 0.338 e. The third-order valence-corrected chi connectivity index (χ3v) is 4.10. The Balaban J connectivity index is 1.70. The molecule has 7 heteroatoms. The number of aromatic nitrogens is 4. The van der Waals surface area contributed by atoms with Crippen LogP contribution in [0.1, 0.15) is 5.56 Å². The summed E-state index contributed by atoms with van der Waals surface area (Å²) in [5.41, 5.74) is 4.07. The van der Waals surface area contributed by atoms with Gasteiger partial charge in [0.15, 0.2) is 17.0 Å². The first kappa shape index (κ1) is 15.4. The Labute approximate surface area is 149 Å². The summed E-state index contributed by atoms with van der Waals surface area (Å²) >= 11 is 6.27. The number of H-pyrrole nitrogens is 1. The molecule has 0 unspecified atom stereocenters. The van der Waals surface area contributed by atoms with Gasteiger partial charge in [-0.05, 0) is 30.7 Å². The maximum atomic E-state index is 6.27. The Morgan fingerprint density at radius 1 is 0.960 bits per heavy atom. The third-order valence-electron chi connectivity index (χ3n) is 3.78. The monoisotopic (exact) mass is 350 g/mol. The van der Waals surface area contributed by atoms with Crippen LogP contribution in [0.4, 0.5) is 23.1 Å². The zero-order valence-electron chi connectivity index (χ0n) is 13.4. The van der Waals surface area contributed by atoms with E-state index in [1.807, 2.05) is 55.5 Å². The number of anilines is 4. The number of imidazole rings is 1. The Morgan fingerprint density at radius 2 is 1.80 bits per heavy atom. The fraction of sp³-hybridized carbons (Fsp3) is 0.0556. The average Bonchev–Trinajstić information content (AvgIpc) is 3.03. The molecular weight excluding hydrogens is 336 g/mol. The molecule has 0 radical (unpaired) electrons. The van der Waals surface area contributed by atoms with Gasteiger partial charge < -0.3 is 15.6 Å². The van der Waals surface area contributed by atoms with Crippen LogP contribution >= 0.6 is 11.6 Å². The molecular formula is C18H15ClN6. The second kappa shape index (κ2) is 6.41. The number of nitrogens with one attached hydrogen (secondary N) is 3. The van der Waals surface area contributed by atoms with Crippen LogP contribution in [-0.4, -0.2) is 19.9 Å². The highest BCUT2D eigenvalue weighted by molar-refractivity contribution is 6.33. The van der Waals surface area contributed by atoms with E-state index in [0.29, 0.717) is 28.0 Å². The molecule has 3 N–H and O–H groups in total. The van der Waals surface area contributed by atoms with Crippen molar-refractivity contribution >= 4 is 45.9 Å². The number of nitrogens with zero attached hydrogens (tertiary/aromatic N) is 3. The number of aryl methyl sites for hydroxylation is 1. The van der Waals surface area contributed by atoms with E-state index in [9.17, 15) is 0 Å². The molecule has 0 aliphatic heterocycles. The van der Waals surface area contributed by atoms with Gasteiger partial charge >= 0.3 is 0 Å². The first-order chi connectivity index (χ1) is 12.2. The van der Waals surface area contributed by atoms with Crippen LogP contribution in [0.2, 0.25) is 5.02 Å². The fourth-order valence-corrected chi connectivity index (χ4v) is 2.81. The molecule has 0 fully saturated rings. The smallest absolute Gasteiger partial charge is 0.207 e. The quantitative estimate of drug-likeness (QED) is 0.492. The van der Waals surface area contributed by atoms with Crippen LogP contribution in [-0.2, 0) is 0 Å². The molecule has 124 valence electrons. The van der Waals surface area contributed by atoms with Gasteiger partial charge in [-0.1, -0.05) is 41.9 Å². The number of halogens is 1. The summed E-state index contributed by atoms with van der Waals surface area (Å²) in [6.45, 7) is 1.99. The number of fused-ring (bicyclic) bond motifs is 1.